The lowest BCUT2D eigenvalue weighted by atomic mass is 9.85. The molecule has 1 heterocycles. The number of Topliss-reactive ketones (excluding diaryl/α,β-unsaturated/α-hetero) is 1. The highest BCUT2D eigenvalue weighted by Gasteiger charge is 2.29. The summed E-state index contributed by atoms with van der Waals surface area (Å²) in [6.07, 6.45) is 2.91. The van der Waals surface area contributed by atoms with Gasteiger partial charge in [-0.05, 0) is 30.4 Å². The minimum atomic E-state index is -0.0788. The van der Waals surface area contributed by atoms with E-state index in [1.54, 1.807) is 0 Å². The number of fused-ring (bicyclic) bond motifs is 1. The van der Waals surface area contributed by atoms with Crippen molar-refractivity contribution in [3.8, 4) is 0 Å². The van der Waals surface area contributed by atoms with E-state index >= 15 is 0 Å². The van der Waals surface area contributed by atoms with Crippen LogP contribution in [-0.4, -0.2) is 12.3 Å². The van der Waals surface area contributed by atoms with Crippen LogP contribution in [0.1, 0.15) is 43.9 Å². The first kappa shape index (κ1) is 12.3. The van der Waals surface area contributed by atoms with Gasteiger partial charge in [-0.25, -0.2) is 0 Å². The first-order valence-electron chi connectivity index (χ1n) is 6.62. The molecule has 0 bridgehead atoms. The van der Waals surface area contributed by atoms with Gasteiger partial charge in [0.1, 0.15) is 0 Å². The van der Waals surface area contributed by atoms with Crippen LogP contribution in [0.25, 0.3) is 0 Å². The van der Waals surface area contributed by atoms with Crippen molar-refractivity contribution < 1.29 is 4.79 Å². The van der Waals surface area contributed by atoms with Gasteiger partial charge in [0.25, 0.3) is 0 Å². The van der Waals surface area contributed by atoms with Gasteiger partial charge in [0.05, 0.1) is 6.04 Å². The molecular weight excluding hydrogens is 210 g/mol. The molecule has 0 fully saturated rings. The highest BCUT2D eigenvalue weighted by atomic mass is 16.1. The fraction of sp³-hybridized carbons (Fsp3) is 0.533. The zero-order chi connectivity index (χ0) is 12.3. The van der Waals surface area contributed by atoms with E-state index in [-0.39, 0.29) is 12.0 Å². The summed E-state index contributed by atoms with van der Waals surface area (Å²) in [6, 6.07) is 8.24. The molecule has 0 aliphatic carbocycles. The van der Waals surface area contributed by atoms with Gasteiger partial charge in [-0.2, -0.15) is 0 Å². The highest BCUT2D eigenvalue weighted by molar-refractivity contribution is 5.88. The Morgan fingerprint density at radius 1 is 1.35 bits per heavy atom. The van der Waals surface area contributed by atoms with E-state index in [4.69, 9.17) is 0 Å². The van der Waals surface area contributed by atoms with Crippen molar-refractivity contribution >= 4 is 5.78 Å². The van der Waals surface area contributed by atoms with Gasteiger partial charge in [0, 0.05) is 12.5 Å². The second kappa shape index (κ2) is 5.46. The molecule has 0 spiro atoms. The van der Waals surface area contributed by atoms with Crippen molar-refractivity contribution in [2.45, 2.75) is 39.2 Å². The standard InChI is InChI=1S/C15H21NO/c1-3-11(4-2)15(17)14-13-8-6-5-7-12(13)9-10-16-14/h5-8,11,14,16H,3-4,9-10H2,1-2H3. The molecule has 1 aromatic carbocycles. The number of hydrogen-bond donors (Lipinski definition) is 1. The Balaban J connectivity index is 2.26. The number of nitrogens with one attached hydrogen (secondary N) is 1. The maximum Gasteiger partial charge on any atom is 0.157 e. The average Bonchev–Trinajstić information content (AvgIpc) is 2.39. The molecule has 0 saturated heterocycles. The molecule has 0 aromatic heterocycles. The van der Waals surface area contributed by atoms with Crippen LogP contribution in [0, 0.1) is 5.92 Å². The molecule has 2 nitrogen and oxygen atoms in total. The molecular formula is C15H21NO. The van der Waals surface area contributed by atoms with E-state index in [0.717, 1.165) is 25.8 Å². The van der Waals surface area contributed by atoms with Crippen molar-refractivity contribution in [1.29, 1.82) is 0 Å². The Labute approximate surface area is 103 Å². The normalized spacial score (nSPS) is 19.1. The molecule has 1 unspecified atom stereocenters. The average molecular weight is 231 g/mol. The fourth-order valence-electron chi connectivity index (χ4n) is 2.69. The van der Waals surface area contributed by atoms with Crippen LogP contribution < -0.4 is 5.32 Å². The van der Waals surface area contributed by atoms with E-state index in [0.29, 0.717) is 5.78 Å². The maximum absolute atomic E-state index is 12.5. The monoisotopic (exact) mass is 231 g/mol. The van der Waals surface area contributed by atoms with Crippen LogP contribution in [0.3, 0.4) is 0 Å². The number of carbonyl (C=O) groups excluding carboxylic acids is 1. The SMILES string of the molecule is CCC(CC)C(=O)C1NCCc2ccccc21. The van der Waals surface area contributed by atoms with E-state index in [9.17, 15) is 4.79 Å². The summed E-state index contributed by atoms with van der Waals surface area (Å²) in [5.74, 6) is 0.556. The lowest BCUT2D eigenvalue weighted by Crippen LogP contribution is -2.37. The van der Waals surface area contributed by atoms with Crippen molar-refractivity contribution in [3.05, 3.63) is 35.4 Å². The predicted octanol–water partition coefficient (Wildman–Crippen LogP) is 2.88. The van der Waals surface area contributed by atoms with Crippen LogP contribution in [0.2, 0.25) is 0 Å². The third-order valence-corrected chi connectivity index (χ3v) is 3.78. The van der Waals surface area contributed by atoms with Crippen molar-refractivity contribution in [2.75, 3.05) is 6.54 Å². The summed E-state index contributed by atoms with van der Waals surface area (Å²) < 4.78 is 0. The van der Waals surface area contributed by atoms with Gasteiger partial charge >= 0.3 is 0 Å². The molecule has 1 aromatic rings. The highest BCUT2D eigenvalue weighted by Crippen LogP contribution is 2.27. The van der Waals surface area contributed by atoms with Gasteiger partial charge in [-0.15, -0.1) is 0 Å². The third-order valence-electron chi connectivity index (χ3n) is 3.78. The van der Waals surface area contributed by atoms with Crippen LogP contribution in [0.4, 0.5) is 0 Å². The minimum absolute atomic E-state index is 0.0788. The first-order valence-corrected chi connectivity index (χ1v) is 6.62. The quantitative estimate of drug-likeness (QED) is 0.863. The van der Waals surface area contributed by atoms with Crippen molar-refractivity contribution in [1.82, 2.24) is 5.32 Å². The Morgan fingerprint density at radius 2 is 2.06 bits per heavy atom. The Morgan fingerprint density at radius 3 is 2.76 bits per heavy atom. The third kappa shape index (κ3) is 2.42. The predicted molar refractivity (Wildman–Crippen MR) is 70.0 cm³/mol. The van der Waals surface area contributed by atoms with E-state index in [1.165, 1.54) is 11.1 Å². The van der Waals surface area contributed by atoms with Crippen LogP contribution in [0.15, 0.2) is 24.3 Å². The second-order valence-corrected chi connectivity index (χ2v) is 4.75. The van der Waals surface area contributed by atoms with E-state index in [2.05, 4.69) is 37.4 Å². The van der Waals surface area contributed by atoms with Crippen LogP contribution >= 0.6 is 0 Å². The summed E-state index contributed by atoms with van der Waals surface area (Å²) in [5.41, 5.74) is 2.52. The Bertz CT molecular complexity index is 396. The topological polar surface area (TPSA) is 29.1 Å². The molecule has 2 rings (SSSR count). The summed E-state index contributed by atoms with van der Waals surface area (Å²) in [6.45, 7) is 5.11. The second-order valence-electron chi connectivity index (χ2n) is 4.75. The van der Waals surface area contributed by atoms with Gasteiger partial charge in [0.2, 0.25) is 0 Å². The lowest BCUT2D eigenvalue weighted by Gasteiger charge is -2.28. The molecule has 0 radical (unpaired) electrons. The molecule has 2 heteroatoms. The molecule has 1 aliphatic heterocycles. The van der Waals surface area contributed by atoms with E-state index in [1.807, 2.05) is 6.07 Å². The van der Waals surface area contributed by atoms with E-state index < -0.39 is 0 Å². The number of carbonyl (C=O) groups is 1. The Hall–Kier alpha value is -1.15. The van der Waals surface area contributed by atoms with Crippen molar-refractivity contribution in [3.63, 3.8) is 0 Å². The molecule has 0 saturated carbocycles. The fourth-order valence-corrected chi connectivity index (χ4v) is 2.69. The summed E-state index contributed by atoms with van der Waals surface area (Å²) in [4.78, 5) is 12.5. The number of ketones is 1. The maximum atomic E-state index is 12.5. The zero-order valence-electron chi connectivity index (χ0n) is 10.7. The van der Waals surface area contributed by atoms with Crippen LogP contribution in [-0.2, 0) is 11.2 Å². The molecule has 92 valence electrons. The van der Waals surface area contributed by atoms with Crippen molar-refractivity contribution in [2.24, 2.45) is 5.92 Å². The first-order chi connectivity index (χ1) is 8.27. The largest absolute Gasteiger partial charge is 0.303 e. The summed E-state index contributed by atoms with van der Waals surface area (Å²) in [7, 11) is 0. The summed E-state index contributed by atoms with van der Waals surface area (Å²) in [5, 5.41) is 3.37. The number of benzene rings is 1. The molecule has 0 amide bonds. The molecule has 1 aliphatic rings. The van der Waals surface area contributed by atoms with Gasteiger partial charge in [-0.1, -0.05) is 38.1 Å². The zero-order valence-corrected chi connectivity index (χ0v) is 10.7. The Kier molecular flexibility index (Phi) is 3.95. The molecule has 1 N–H and O–H groups in total. The number of rotatable bonds is 4. The van der Waals surface area contributed by atoms with Gasteiger partial charge < -0.3 is 5.32 Å². The van der Waals surface area contributed by atoms with Crippen LogP contribution in [0.5, 0.6) is 0 Å². The molecule has 17 heavy (non-hydrogen) atoms. The summed E-state index contributed by atoms with van der Waals surface area (Å²) >= 11 is 0. The lowest BCUT2D eigenvalue weighted by molar-refractivity contribution is -0.125. The number of hydrogen-bond acceptors (Lipinski definition) is 2. The van der Waals surface area contributed by atoms with Gasteiger partial charge in [0.15, 0.2) is 5.78 Å². The molecule has 1 atom stereocenters. The smallest absolute Gasteiger partial charge is 0.157 e. The van der Waals surface area contributed by atoms with Gasteiger partial charge in [-0.3, -0.25) is 4.79 Å². The minimum Gasteiger partial charge on any atom is -0.303 e.